The molecule has 0 aliphatic heterocycles. The van der Waals surface area contributed by atoms with Gasteiger partial charge in [-0.15, -0.1) is 11.3 Å². The Morgan fingerprint density at radius 3 is 3.00 bits per heavy atom. The van der Waals surface area contributed by atoms with E-state index in [1.807, 2.05) is 30.5 Å². The van der Waals surface area contributed by atoms with Crippen molar-refractivity contribution in [2.24, 2.45) is 0 Å². The first-order valence-electron chi connectivity index (χ1n) is 5.17. The molecule has 0 aliphatic rings. The summed E-state index contributed by atoms with van der Waals surface area (Å²) in [5.74, 6) is -0.0561. The van der Waals surface area contributed by atoms with Gasteiger partial charge in [0.2, 0.25) is 5.91 Å². The first kappa shape index (κ1) is 12.0. The highest BCUT2D eigenvalue weighted by atomic mass is 32.1. The maximum atomic E-state index is 11.0. The van der Waals surface area contributed by atoms with Crippen LogP contribution in [0.2, 0.25) is 0 Å². The molecule has 0 fully saturated rings. The maximum Gasteiger partial charge on any atom is 0.221 e. The van der Waals surface area contributed by atoms with Crippen molar-refractivity contribution in [3.63, 3.8) is 0 Å². The molecule has 1 aromatic heterocycles. The number of thiazole rings is 1. The van der Waals surface area contributed by atoms with Crippen LogP contribution >= 0.6 is 23.6 Å². The highest BCUT2D eigenvalue weighted by Gasteiger charge is 2.01. The molecule has 3 nitrogen and oxygen atoms in total. The summed E-state index contributed by atoms with van der Waals surface area (Å²) in [6.45, 7) is 1.50. The molecule has 0 radical (unpaired) electrons. The largest absolute Gasteiger partial charge is 0.343 e. The number of aromatic amines is 1. The minimum atomic E-state index is -0.0561. The zero-order valence-electron chi connectivity index (χ0n) is 9.32. The molecule has 88 valence electrons. The number of anilines is 1. The van der Waals surface area contributed by atoms with Crippen LogP contribution in [0.1, 0.15) is 17.4 Å². The van der Waals surface area contributed by atoms with E-state index in [1.165, 1.54) is 11.8 Å². The van der Waals surface area contributed by atoms with E-state index in [1.54, 1.807) is 11.3 Å². The van der Waals surface area contributed by atoms with E-state index >= 15 is 0 Å². The predicted octanol–water partition coefficient (Wildman–Crippen LogP) is 3.35. The molecule has 17 heavy (non-hydrogen) atoms. The number of carbonyl (C=O) groups is 1. The summed E-state index contributed by atoms with van der Waals surface area (Å²) in [5.41, 5.74) is 1.98. The molecular weight excluding hydrogens is 252 g/mol. The fourth-order valence-electron chi connectivity index (χ4n) is 1.57. The van der Waals surface area contributed by atoms with Crippen molar-refractivity contribution >= 4 is 35.1 Å². The lowest BCUT2D eigenvalue weighted by atomic mass is 10.1. The molecule has 0 bridgehead atoms. The summed E-state index contributed by atoms with van der Waals surface area (Å²) in [6.07, 6.45) is 2.75. The van der Waals surface area contributed by atoms with Crippen LogP contribution in [-0.2, 0) is 11.2 Å². The maximum absolute atomic E-state index is 11.0. The number of H-pyrrole nitrogens is 1. The van der Waals surface area contributed by atoms with E-state index < -0.39 is 0 Å². The van der Waals surface area contributed by atoms with Gasteiger partial charge in [-0.3, -0.25) is 4.79 Å². The van der Waals surface area contributed by atoms with Crippen LogP contribution in [-0.4, -0.2) is 10.9 Å². The van der Waals surface area contributed by atoms with Crippen LogP contribution in [0.3, 0.4) is 0 Å². The summed E-state index contributed by atoms with van der Waals surface area (Å²) in [4.78, 5) is 15.1. The van der Waals surface area contributed by atoms with Crippen LogP contribution in [0.15, 0.2) is 30.5 Å². The molecule has 1 amide bonds. The molecule has 0 unspecified atom stereocenters. The van der Waals surface area contributed by atoms with Crippen LogP contribution in [0.5, 0.6) is 0 Å². The minimum Gasteiger partial charge on any atom is -0.343 e. The van der Waals surface area contributed by atoms with Gasteiger partial charge >= 0.3 is 0 Å². The van der Waals surface area contributed by atoms with Gasteiger partial charge in [-0.2, -0.15) is 0 Å². The van der Waals surface area contributed by atoms with E-state index in [0.29, 0.717) is 0 Å². The number of rotatable bonds is 3. The number of hydrogen-bond acceptors (Lipinski definition) is 3. The topological polar surface area (TPSA) is 44.9 Å². The van der Waals surface area contributed by atoms with Gasteiger partial charge in [0.05, 0.1) is 0 Å². The van der Waals surface area contributed by atoms with Gasteiger partial charge in [0.1, 0.15) is 0 Å². The lowest BCUT2D eigenvalue weighted by Crippen LogP contribution is -2.05. The van der Waals surface area contributed by atoms with Crippen molar-refractivity contribution in [1.29, 1.82) is 0 Å². The molecule has 0 saturated carbocycles. The van der Waals surface area contributed by atoms with Gasteiger partial charge in [-0.25, -0.2) is 0 Å². The minimum absolute atomic E-state index is 0.0561. The summed E-state index contributed by atoms with van der Waals surface area (Å²) >= 11 is 6.61. The molecule has 0 atom stereocenters. The third kappa shape index (κ3) is 3.51. The second-order valence-corrected chi connectivity index (χ2v) is 5.51. The Morgan fingerprint density at radius 2 is 2.35 bits per heavy atom. The third-order valence-electron chi connectivity index (χ3n) is 2.20. The second kappa shape index (κ2) is 5.25. The van der Waals surface area contributed by atoms with Crippen molar-refractivity contribution in [3.8, 4) is 0 Å². The quantitative estimate of drug-likeness (QED) is 0.835. The number of carbonyl (C=O) groups excluding carboxylic acids is 1. The molecule has 1 aromatic carbocycles. The molecule has 0 aliphatic carbocycles. The summed E-state index contributed by atoms with van der Waals surface area (Å²) in [5, 5.41) is 2.77. The summed E-state index contributed by atoms with van der Waals surface area (Å²) < 4.78 is 0.790. The number of benzene rings is 1. The van der Waals surface area contributed by atoms with Gasteiger partial charge < -0.3 is 10.3 Å². The Bertz CT molecular complexity index is 586. The Balaban J connectivity index is 2.16. The van der Waals surface area contributed by atoms with E-state index in [9.17, 15) is 4.79 Å². The fraction of sp³-hybridized carbons (Fsp3) is 0.167. The van der Waals surface area contributed by atoms with Crippen molar-refractivity contribution in [3.05, 3.63) is 44.9 Å². The van der Waals surface area contributed by atoms with Gasteiger partial charge in [0, 0.05) is 30.1 Å². The van der Waals surface area contributed by atoms with E-state index in [4.69, 9.17) is 12.2 Å². The van der Waals surface area contributed by atoms with Crippen molar-refractivity contribution in [1.82, 2.24) is 4.98 Å². The highest BCUT2D eigenvalue weighted by molar-refractivity contribution is 7.73. The molecule has 1 heterocycles. The van der Waals surface area contributed by atoms with Crippen molar-refractivity contribution in [2.45, 2.75) is 13.3 Å². The highest BCUT2D eigenvalue weighted by Crippen LogP contribution is 2.17. The molecule has 0 spiro atoms. The summed E-state index contributed by atoms with van der Waals surface area (Å²) in [7, 11) is 0. The average molecular weight is 264 g/mol. The first-order valence-corrected chi connectivity index (χ1v) is 6.40. The molecule has 2 aromatic rings. The van der Waals surface area contributed by atoms with Crippen molar-refractivity contribution in [2.75, 3.05) is 5.32 Å². The average Bonchev–Trinajstić information content (AvgIpc) is 2.63. The molecule has 2 rings (SSSR count). The van der Waals surface area contributed by atoms with Crippen molar-refractivity contribution < 1.29 is 4.79 Å². The lowest BCUT2D eigenvalue weighted by molar-refractivity contribution is -0.114. The number of amides is 1. The number of nitrogens with one attached hydrogen (secondary N) is 2. The van der Waals surface area contributed by atoms with Crippen LogP contribution in [0.4, 0.5) is 5.69 Å². The Kier molecular flexibility index (Phi) is 3.71. The number of aromatic nitrogens is 1. The van der Waals surface area contributed by atoms with Gasteiger partial charge in [0.25, 0.3) is 0 Å². The third-order valence-corrected chi connectivity index (χ3v) is 3.40. The number of hydrogen-bond donors (Lipinski definition) is 2. The standard InChI is InChI=1S/C12H12N2OS2/c1-8(15)14-10-4-2-3-9(5-10)6-11-7-13-12(16)17-11/h2-5,7H,6H2,1H3,(H,13,16)(H,14,15). The monoisotopic (exact) mass is 264 g/mol. The van der Waals surface area contributed by atoms with Crippen LogP contribution in [0, 0.1) is 3.95 Å². The Hall–Kier alpha value is -1.46. The summed E-state index contributed by atoms with van der Waals surface area (Å²) in [6, 6.07) is 7.83. The molecule has 5 heteroatoms. The van der Waals surface area contributed by atoms with Gasteiger partial charge in [-0.1, -0.05) is 12.1 Å². The Morgan fingerprint density at radius 1 is 1.53 bits per heavy atom. The molecular formula is C12H12N2OS2. The van der Waals surface area contributed by atoms with Gasteiger partial charge in [0.15, 0.2) is 3.95 Å². The smallest absolute Gasteiger partial charge is 0.221 e. The predicted molar refractivity (Wildman–Crippen MR) is 73.1 cm³/mol. The zero-order chi connectivity index (χ0) is 12.3. The fourth-order valence-corrected chi connectivity index (χ4v) is 2.66. The molecule has 0 saturated heterocycles. The van der Waals surface area contributed by atoms with E-state index in [2.05, 4.69) is 10.3 Å². The van der Waals surface area contributed by atoms with E-state index in [0.717, 1.165) is 21.6 Å². The molecule has 2 N–H and O–H groups in total. The van der Waals surface area contributed by atoms with Crippen LogP contribution < -0.4 is 5.32 Å². The first-order chi connectivity index (χ1) is 8.13. The SMILES string of the molecule is CC(=O)Nc1cccc(Cc2c[nH]c(=S)s2)c1. The van der Waals surface area contributed by atoms with E-state index in [-0.39, 0.29) is 5.91 Å². The lowest BCUT2D eigenvalue weighted by Gasteiger charge is -2.04. The normalized spacial score (nSPS) is 10.2. The Labute approximate surface area is 109 Å². The van der Waals surface area contributed by atoms with Gasteiger partial charge in [-0.05, 0) is 29.9 Å². The van der Waals surface area contributed by atoms with Crippen LogP contribution in [0.25, 0.3) is 0 Å². The second-order valence-electron chi connectivity index (χ2n) is 3.70. The zero-order valence-corrected chi connectivity index (χ0v) is 11.0.